The first-order valence-electron chi connectivity index (χ1n) is 7.53. The van der Waals surface area contributed by atoms with Gasteiger partial charge in [-0.2, -0.15) is 0 Å². The first kappa shape index (κ1) is 23.6. The molecule has 0 aromatic carbocycles. The standard InChI is InChI=1S/2C7H15NO.2HI/c2*9-7-6-8-4-2-1-3-5-8;;/h2*9H,1-7H2;2*1H. The SMILES string of the molecule is I.I.OCCN1CCCCC1.OCCN1CCCCC1. The van der Waals surface area contributed by atoms with E-state index in [-0.39, 0.29) is 48.0 Å². The fraction of sp³-hybridized carbons (Fsp3) is 1.00. The minimum atomic E-state index is 0. The lowest BCUT2D eigenvalue weighted by molar-refractivity contribution is 0.173. The number of aliphatic hydroxyl groups is 2. The smallest absolute Gasteiger partial charge is 0.0558 e. The molecule has 0 amide bonds. The second kappa shape index (κ2) is 16.7. The van der Waals surface area contributed by atoms with Crippen LogP contribution in [-0.2, 0) is 0 Å². The number of β-amino-alcohol motifs (C(OH)–C–C–N with tert-alkyl or cyclic N) is 2. The van der Waals surface area contributed by atoms with E-state index in [1.165, 1.54) is 64.7 Å². The van der Waals surface area contributed by atoms with Gasteiger partial charge in [0, 0.05) is 13.1 Å². The van der Waals surface area contributed by atoms with Gasteiger partial charge in [-0.3, -0.25) is 0 Å². The molecule has 2 N–H and O–H groups in total. The molecule has 20 heavy (non-hydrogen) atoms. The molecule has 6 heteroatoms. The zero-order valence-corrected chi connectivity index (χ0v) is 17.2. The molecule has 4 nitrogen and oxygen atoms in total. The topological polar surface area (TPSA) is 46.9 Å². The van der Waals surface area contributed by atoms with Gasteiger partial charge in [0.25, 0.3) is 0 Å². The van der Waals surface area contributed by atoms with Crippen molar-refractivity contribution >= 4 is 48.0 Å². The Bertz CT molecular complexity index is 163. The Hall–Kier alpha value is 1.30. The molecule has 0 aromatic rings. The highest BCUT2D eigenvalue weighted by molar-refractivity contribution is 14.0. The summed E-state index contributed by atoms with van der Waals surface area (Å²) in [7, 11) is 0. The Balaban J connectivity index is 0. The van der Waals surface area contributed by atoms with E-state index in [2.05, 4.69) is 9.80 Å². The molecule has 124 valence electrons. The van der Waals surface area contributed by atoms with Crippen molar-refractivity contribution in [3.8, 4) is 0 Å². The van der Waals surface area contributed by atoms with Crippen LogP contribution >= 0.6 is 48.0 Å². The molecule has 0 radical (unpaired) electrons. The Labute approximate surface area is 158 Å². The van der Waals surface area contributed by atoms with Gasteiger partial charge in [0.2, 0.25) is 0 Å². The maximum absolute atomic E-state index is 8.58. The van der Waals surface area contributed by atoms with E-state index >= 15 is 0 Å². The Morgan fingerprint density at radius 3 is 1.10 bits per heavy atom. The van der Waals surface area contributed by atoms with E-state index < -0.39 is 0 Å². The molecule has 0 unspecified atom stereocenters. The van der Waals surface area contributed by atoms with Gasteiger partial charge in [-0.1, -0.05) is 12.8 Å². The number of hydrogen-bond acceptors (Lipinski definition) is 4. The van der Waals surface area contributed by atoms with E-state index in [1.54, 1.807) is 0 Å². The van der Waals surface area contributed by atoms with Crippen LogP contribution in [0.2, 0.25) is 0 Å². The zero-order valence-electron chi connectivity index (χ0n) is 12.5. The zero-order chi connectivity index (χ0) is 13.1. The lowest BCUT2D eigenvalue weighted by atomic mass is 10.1. The normalized spacial score (nSPS) is 20.1. The van der Waals surface area contributed by atoms with Crippen LogP contribution in [0.15, 0.2) is 0 Å². The van der Waals surface area contributed by atoms with Gasteiger partial charge < -0.3 is 20.0 Å². The molecule has 2 heterocycles. The molecule has 0 aliphatic carbocycles. The maximum atomic E-state index is 8.58. The molecule has 2 aliphatic rings. The molecule has 2 aliphatic heterocycles. The highest BCUT2D eigenvalue weighted by atomic mass is 127. The monoisotopic (exact) mass is 514 g/mol. The third-order valence-corrected chi connectivity index (χ3v) is 3.73. The predicted octanol–water partition coefficient (Wildman–Crippen LogP) is 2.17. The number of halogens is 2. The van der Waals surface area contributed by atoms with Crippen LogP contribution in [0.4, 0.5) is 0 Å². The van der Waals surface area contributed by atoms with E-state index in [0.717, 1.165) is 13.1 Å². The van der Waals surface area contributed by atoms with Crippen molar-refractivity contribution in [2.75, 3.05) is 52.5 Å². The van der Waals surface area contributed by atoms with Gasteiger partial charge in [-0.05, 0) is 51.9 Å². The van der Waals surface area contributed by atoms with Gasteiger partial charge in [0.1, 0.15) is 0 Å². The highest BCUT2D eigenvalue weighted by Crippen LogP contribution is 2.07. The van der Waals surface area contributed by atoms with Crippen molar-refractivity contribution in [3.63, 3.8) is 0 Å². The summed E-state index contributed by atoms with van der Waals surface area (Å²) < 4.78 is 0. The summed E-state index contributed by atoms with van der Waals surface area (Å²) in [6.07, 6.45) is 8.03. The Morgan fingerprint density at radius 1 is 0.550 bits per heavy atom. The fourth-order valence-corrected chi connectivity index (χ4v) is 2.65. The number of likely N-dealkylation sites (tertiary alicyclic amines) is 2. The summed E-state index contributed by atoms with van der Waals surface area (Å²) in [5.74, 6) is 0. The van der Waals surface area contributed by atoms with Gasteiger partial charge in [-0.25, -0.2) is 0 Å². The molecular weight excluding hydrogens is 482 g/mol. The van der Waals surface area contributed by atoms with Gasteiger partial charge in [0.05, 0.1) is 13.2 Å². The quantitative estimate of drug-likeness (QED) is 0.566. The minimum Gasteiger partial charge on any atom is -0.395 e. The number of hydrogen-bond donors (Lipinski definition) is 2. The lowest BCUT2D eigenvalue weighted by Gasteiger charge is -2.25. The fourth-order valence-electron chi connectivity index (χ4n) is 2.65. The molecule has 0 bridgehead atoms. The number of piperidine rings is 2. The van der Waals surface area contributed by atoms with Gasteiger partial charge >= 0.3 is 0 Å². The van der Waals surface area contributed by atoms with E-state index in [0.29, 0.717) is 13.2 Å². The van der Waals surface area contributed by atoms with Crippen molar-refractivity contribution in [2.24, 2.45) is 0 Å². The minimum absolute atomic E-state index is 0. The van der Waals surface area contributed by atoms with Crippen LogP contribution in [0, 0.1) is 0 Å². The second-order valence-corrected chi connectivity index (χ2v) is 5.25. The van der Waals surface area contributed by atoms with Crippen molar-refractivity contribution in [1.29, 1.82) is 0 Å². The predicted molar refractivity (Wildman–Crippen MR) is 106 cm³/mol. The van der Waals surface area contributed by atoms with Gasteiger partial charge in [-0.15, -0.1) is 48.0 Å². The Morgan fingerprint density at radius 2 is 0.850 bits per heavy atom. The third-order valence-electron chi connectivity index (χ3n) is 3.73. The molecule has 2 fully saturated rings. The van der Waals surface area contributed by atoms with Crippen molar-refractivity contribution < 1.29 is 10.2 Å². The first-order chi connectivity index (χ1) is 8.86. The summed E-state index contributed by atoms with van der Waals surface area (Å²) in [6, 6.07) is 0. The summed E-state index contributed by atoms with van der Waals surface area (Å²) >= 11 is 0. The number of aliphatic hydroxyl groups excluding tert-OH is 2. The molecule has 0 spiro atoms. The van der Waals surface area contributed by atoms with Crippen molar-refractivity contribution in [2.45, 2.75) is 38.5 Å². The average Bonchev–Trinajstić information content (AvgIpc) is 2.43. The number of nitrogens with zero attached hydrogens (tertiary/aromatic N) is 2. The van der Waals surface area contributed by atoms with Crippen LogP contribution in [0.3, 0.4) is 0 Å². The number of rotatable bonds is 4. The van der Waals surface area contributed by atoms with Crippen molar-refractivity contribution in [3.05, 3.63) is 0 Å². The van der Waals surface area contributed by atoms with E-state index in [1.807, 2.05) is 0 Å². The molecule has 0 saturated carbocycles. The molecular formula is C14H32I2N2O2. The average molecular weight is 514 g/mol. The van der Waals surface area contributed by atoms with Crippen LogP contribution in [0.5, 0.6) is 0 Å². The van der Waals surface area contributed by atoms with E-state index in [4.69, 9.17) is 10.2 Å². The lowest BCUT2D eigenvalue weighted by Crippen LogP contribution is -2.31. The van der Waals surface area contributed by atoms with Crippen LogP contribution < -0.4 is 0 Å². The summed E-state index contributed by atoms with van der Waals surface area (Å²) in [5, 5.41) is 17.2. The molecule has 2 rings (SSSR count). The first-order valence-corrected chi connectivity index (χ1v) is 7.53. The molecule has 0 aromatic heterocycles. The van der Waals surface area contributed by atoms with Crippen LogP contribution in [0.25, 0.3) is 0 Å². The maximum Gasteiger partial charge on any atom is 0.0558 e. The van der Waals surface area contributed by atoms with Crippen molar-refractivity contribution in [1.82, 2.24) is 9.80 Å². The summed E-state index contributed by atoms with van der Waals surface area (Å²) in [4.78, 5) is 4.65. The van der Waals surface area contributed by atoms with Crippen LogP contribution in [-0.4, -0.2) is 72.5 Å². The van der Waals surface area contributed by atoms with E-state index in [9.17, 15) is 0 Å². The summed E-state index contributed by atoms with van der Waals surface area (Å²) in [6.45, 7) is 7.17. The largest absolute Gasteiger partial charge is 0.395 e. The van der Waals surface area contributed by atoms with Gasteiger partial charge in [0.15, 0.2) is 0 Å². The highest BCUT2D eigenvalue weighted by Gasteiger charge is 2.08. The summed E-state index contributed by atoms with van der Waals surface area (Å²) in [5.41, 5.74) is 0. The molecule has 0 atom stereocenters. The Kier molecular flexibility index (Phi) is 19.6. The second-order valence-electron chi connectivity index (χ2n) is 5.25. The molecule has 2 saturated heterocycles. The van der Waals surface area contributed by atoms with Crippen LogP contribution in [0.1, 0.15) is 38.5 Å². The third kappa shape index (κ3) is 11.9.